The van der Waals surface area contributed by atoms with Gasteiger partial charge in [-0.25, -0.2) is 4.98 Å². The van der Waals surface area contributed by atoms with Crippen LogP contribution in [0.1, 0.15) is 5.82 Å². The molecule has 5 heteroatoms. The van der Waals surface area contributed by atoms with Gasteiger partial charge in [-0.3, -0.25) is 4.40 Å². The Morgan fingerprint density at radius 2 is 1.44 bits per heavy atom. The Bertz CT molecular complexity index is 1240. The highest BCUT2D eigenvalue weighted by molar-refractivity contribution is 5.79. The molecule has 0 saturated carbocycles. The summed E-state index contributed by atoms with van der Waals surface area (Å²) in [7, 11) is 0. The van der Waals surface area contributed by atoms with Crippen LogP contribution in [0.4, 0.5) is 0 Å². The molecule has 0 aliphatic carbocycles. The molecule has 0 saturated heterocycles. The quantitative estimate of drug-likeness (QED) is 0.456. The normalized spacial score (nSPS) is 11.1. The van der Waals surface area contributed by atoms with E-state index >= 15 is 0 Å². The van der Waals surface area contributed by atoms with E-state index in [0.717, 1.165) is 22.4 Å². The van der Waals surface area contributed by atoms with Gasteiger partial charge >= 0.3 is 0 Å². The Morgan fingerprint density at radius 1 is 0.741 bits per heavy atom. The molecule has 2 heterocycles. The summed E-state index contributed by atoms with van der Waals surface area (Å²) < 4.78 is 8.04. The van der Waals surface area contributed by atoms with Crippen LogP contribution in [-0.4, -0.2) is 19.6 Å². The van der Waals surface area contributed by atoms with Gasteiger partial charge in [0.05, 0.1) is 11.0 Å². The van der Waals surface area contributed by atoms with Gasteiger partial charge in [-0.05, 0) is 42.3 Å². The fourth-order valence-electron chi connectivity index (χ4n) is 3.22. The van der Waals surface area contributed by atoms with Gasteiger partial charge in [0.25, 0.3) is 5.88 Å². The largest absolute Gasteiger partial charge is 0.436 e. The molecule has 0 amide bonds. The Balaban J connectivity index is 1.56. The monoisotopic (exact) mass is 352 g/mol. The maximum Gasteiger partial charge on any atom is 0.266 e. The smallest absolute Gasteiger partial charge is 0.266 e. The molecule has 0 N–H and O–H groups in total. The summed E-state index contributed by atoms with van der Waals surface area (Å²) in [5.74, 6) is 1.95. The van der Waals surface area contributed by atoms with Crippen LogP contribution in [0.5, 0.6) is 11.6 Å². The molecule has 0 atom stereocenters. The van der Waals surface area contributed by atoms with Gasteiger partial charge < -0.3 is 4.74 Å². The molecule has 27 heavy (non-hydrogen) atoms. The number of rotatable bonds is 3. The number of ether oxygens (including phenoxy) is 1. The minimum absolute atomic E-state index is 0.446. The molecule has 0 bridgehead atoms. The fraction of sp³-hybridized carbons (Fsp3) is 0.0455. The molecule has 130 valence electrons. The van der Waals surface area contributed by atoms with Crippen molar-refractivity contribution in [3.05, 3.63) is 84.7 Å². The Labute approximate surface area is 155 Å². The average molecular weight is 352 g/mol. The Kier molecular flexibility index (Phi) is 3.57. The topological polar surface area (TPSA) is 52.3 Å². The second-order valence-electron chi connectivity index (χ2n) is 6.30. The van der Waals surface area contributed by atoms with E-state index in [-0.39, 0.29) is 0 Å². The highest BCUT2D eigenvalue weighted by atomic mass is 16.5. The van der Waals surface area contributed by atoms with E-state index in [1.54, 1.807) is 0 Å². The molecule has 0 aliphatic heterocycles. The second-order valence-corrected chi connectivity index (χ2v) is 6.30. The van der Waals surface area contributed by atoms with Crippen LogP contribution in [-0.2, 0) is 0 Å². The van der Waals surface area contributed by atoms with Gasteiger partial charge in [0.15, 0.2) is 0 Å². The molecule has 2 aromatic heterocycles. The summed E-state index contributed by atoms with van der Waals surface area (Å²) in [6.07, 6.45) is 0. The number of para-hydroxylation sites is 2. The number of fused-ring (bicyclic) bond motifs is 3. The first-order chi connectivity index (χ1) is 13.3. The maximum absolute atomic E-state index is 6.07. The number of aryl methyl sites for hydroxylation is 1. The van der Waals surface area contributed by atoms with E-state index in [2.05, 4.69) is 27.3 Å². The number of benzene rings is 3. The molecule has 5 aromatic rings. The lowest BCUT2D eigenvalue weighted by Gasteiger charge is -2.09. The van der Waals surface area contributed by atoms with Crippen molar-refractivity contribution in [2.45, 2.75) is 6.92 Å². The minimum Gasteiger partial charge on any atom is -0.436 e. The third-order valence-corrected chi connectivity index (χ3v) is 4.54. The number of hydrogen-bond acceptors (Lipinski definition) is 4. The lowest BCUT2D eigenvalue weighted by atomic mass is 10.1. The van der Waals surface area contributed by atoms with Crippen LogP contribution in [0.3, 0.4) is 0 Å². The molecule has 5 nitrogen and oxygen atoms in total. The van der Waals surface area contributed by atoms with Crippen molar-refractivity contribution >= 4 is 16.7 Å². The summed E-state index contributed by atoms with van der Waals surface area (Å²) in [5, 5.41) is 8.45. The highest BCUT2D eigenvalue weighted by Crippen LogP contribution is 2.29. The van der Waals surface area contributed by atoms with E-state index in [4.69, 9.17) is 4.74 Å². The summed E-state index contributed by atoms with van der Waals surface area (Å²) in [5.41, 5.74) is 4.71. The van der Waals surface area contributed by atoms with Gasteiger partial charge in [-0.15, -0.1) is 10.2 Å². The second kappa shape index (κ2) is 6.21. The van der Waals surface area contributed by atoms with Gasteiger partial charge in [0, 0.05) is 0 Å². The van der Waals surface area contributed by atoms with Gasteiger partial charge in [0.1, 0.15) is 11.6 Å². The summed E-state index contributed by atoms with van der Waals surface area (Å²) in [4.78, 5) is 4.65. The number of aromatic nitrogens is 4. The van der Waals surface area contributed by atoms with E-state index in [1.807, 2.05) is 78.1 Å². The zero-order chi connectivity index (χ0) is 18.2. The Hall–Kier alpha value is -3.73. The van der Waals surface area contributed by atoms with Crippen molar-refractivity contribution < 1.29 is 4.74 Å². The third kappa shape index (κ3) is 2.69. The lowest BCUT2D eigenvalue weighted by molar-refractivity contribution is 0.467. The summed E-state index contributed by atoms with van der Waals surface area (Å²) >= 11 is 0. The van der Waals surface area contributed by atoms with Crippen LogP contribution < -0.4 is 4.74 Å². The zero-order valence-corrected chi connectivity index (χ0v) is 14.7. The average Bonchev–Trinajstić information content (AvgIpc) is 3.12. The van der Waals surface area contributed by atoms with E-state index < -0.39 is 0 Å². The predicted molar refractivity (Wildman–Crippen MR) is 105 cm³/mol. The van der Waals surface area contributed by atoms with Crippen molar-refractivity contribution in [1.29, 1.82) is 0 Å². The van der Waals surface area contributed by atoms with Crippen LogP contribution in [0, 0.1) is 6.92 Å². The van der Waals surface area contributed by atoms with Crippen LogP contribution in [0.25, 0.3) is 27.8 Å². The van der Waals surface area contributed by atoms with Gasteiger partial charge in [-0.2, -0.15) is 0 Å². The number of hydrogen-bond donors (Lipinski definition) is 0. The van der Waals surface area contributed by atoms with E-state index in [0.29, 0.717) is 17.3 Å². The van der Waals surface area contributed by atoms with Crippen LogP contribution >= 0.6 is 0 Å². The molecule has 0 fully saturated rings. The van der Waals surface area contributed by atoms with Gasteiger partial charge in [0.2, 0.25) is 5.65 Å². The van der Waals surface area contributed by atoms with Crippen molar-refractivity contribution in [1.82, 2.24) is 19.6 Å². The lowest BCUT2D eigenvalue weighted by Crippen LogP contribution is -1.98. The molecule has 0 aliphatic rings. The van der Waals surface area contributed by atoms with E-state index in [1.165, 1.54) is 5.56 Å². The van der Waals surface area contributed by atoms with Crippen LogP contribution in [0.15, 0.2) is 78.9 Å². The minimum atomic E-state index is 0.446. The first kappa shape index (κ1) is 15.5. The molecule has 5 rings (SSSR count). The summed E-state index contributed by atoms with van der Waals surface area (Å²) in [6.45, 7) is 1.92. The highest BCUT2D eigenvalue weighted by Gasteiger charge is 2.14. The van der Waals surface area contributed by atoms with Crippen LogP contribution in [0.2, 0.25) is 0 Å². The van der Waals surface area contributed by atoms with Crippen molar-refractivity contribution in [3.63, 3.8) is 0 Å². The first-order valence-corrected chi connectivity index (χ1v) is 8.73. The third-order valence-electron chi connectivity index (χ3n) is 4.54. The van der Waals surface area contributed by atoms with E-state index in [9.17, 15) is 0 Å². The molecule has 3 aromatic carbocycles. The zero-order valence-electron chi connectivity index (χ0n) is 14.7. The standard InChI is InChI=1S/C22H16N4O/c1-15-24-25-21-22(23-19-9-5-6-10-20(19)26(15)21)27-18-13-11-17(12-14-18)16-7-3-2-4-8-16/h2-14H,1H3. The Morgan fingerprint density at radius 3 is 2.26 bits per heavy atom. The molecule has 0 spiro atoms. The first-order valence-electron chi connectivity index (χ1n) is 8.73. The molecular formula is C22H16N4O. The molecule has 0 unspecified atom stereocenters. The summed E-state index contributed by atoms with van der Waals surface area (Å²) in [6, 6.07) is 26.1. The predicted octanol–water partition coefficient (Wildman–Crippen LogP) is 5.05. The van der Waals surface area contributed by atoms with Gasteiger partial charge in [-0.1, -0.05) is 54.6 Å². The SMILES string of the molecule is Cc1nnc2c(Oc3ccc(-c4ccccc4)cc3)nc3ccccc3n12. The van der Waals surface area contributed by atoms with Crippen molar-refractivity contribution in [3.8, 4) is 22.8 Å². The number of nitrogens with zero attached hydrogens (tertiary/aromatic N) is 4. The van der Waals surface area contributed by atoms with Crippen molar-refractivity contribution in [2.75, 3.05) is 0 Å². The maximum atomic E-state index is 6.07. The molecular weight excluding hydrogens is 336 g/mol. The fourth-order valence-corrected chi connectivity index (χ4v) is 3.22. The van der Waals surface area contributed by atoms with Crippen molar-refractivity contribution in [2.24, 2.45) is 0 Å². The molecule has 0 radical (unpaired) electrons.